The van der Waals surface area contributed by atoms with Crippen LogP contribution in [-0.4, -0.2) is 15.8 Å². The number of hydrogen-bond donors (Lipinski definition) is 1. The smallest absolute Gasteiger partial charge is 0.124 e. The molecule has 17 heavy (non-hydrogen) atoms. The van der Waals surface area contributed by atoms with Gasteiger partial charge in [0.25, 0.3) is 0 Å². The van der Waals surface area contributed by atoms with Crippen LogP contribution in [-0.2, 0) is 12.0 Å². The summed E-state index contributed by atoms with van der Waals surface area (Å²) in [4.78, 5) is 0. The Morgan fingerprint density at radius 1 is 1.35 bits per heavy atom. The molecule has 3 heteroatoms. The molecule has 0 saturated heterocycles. The van der Waals surface area contributed by atoms with E-state index in [0.717, 1.165) is 30.9 Å². The zero-order chi connectivity index (χ0) is 13.1. The van der Waals surface area contributed by atoms with E-state index in [1.807, 2.05) is 0 Å². The molecule has 1 heterocycles. The normalized spacial score (nSPS) is 13.8. The van der Waals surface area contributed by atoms with Crippen molar-refractivity contribution < 1.29 is 0 Å². The molecule has 0 saturated carbocycles. The fourth-order valence-electron chi connectivity index (χ4n) is 1.64. The van der Waals surface area contributed by atoms with Crippen molar-refractivity contribution in [3.8, 4) is 0 Å². The number of rotatable bonds is 5. The van der Waals surface area contributed by atoms with Gasteiger partial charge in [0, 0.05) is 24.1 Å². The molecule has 1 aromatic rings. The van der Waals surface area contributed by atoms with E-state index in [1.165, 1.54) is 0 Å². The maximum Gasteiger partial charge on any atom is 0.124 e. The third-order valence-electron chi connectivity index (χ3n) is 2.99. The molecule has 1 aromatic heterocycles. The van der Waals surface area contributed by atoms with E-state index in [-0.39, 0.29) is 5.41 Å². The molecule has 1 N–H and O–H groups in total. The summed E-state index contributed by atoms with van der Waals surface area (Å²) in [6.07, 6.45) is 2.24. The zero-order valence-electron chi connectivity index (χ0n) is 12.2. The summed E-state index contributed by atoms with van der Waals surface area (Å²) in [5.74, 6) is 1.16. The first kappa shape index (κ1) is 14.1. The van der Waals surface area contributed by atoms with E-state index in [9.17, 15) is 0 Å². The summed E-state index contributed by atoms with van der Waals surface area (Å²) in [5, 5.41) is 8.25. The van der Waals surface area contributed by atoms with Crippen LogP contribution in [0, 0.1) is 0 Å². The molecule has 0 aromatic carbocycles. The number of anilines is 1. The van der Waals surface area contributed by atoms with Crippen molar-refractivity contribution in [2.24, 2.45) is 0 Å². The molecule has 0 amide bonds. The number of nitrogens with one attached hydrogen (secondary N) is 1. The maximum absolute atomic E-state index is 4.71. The fourth-order valence-corrected chi connectivity index (χ4v) is 1.64. The summed E-state index contributed by atoms with van der Waals surface area (Å²) >= 11 is 0. The first-order chi connectivity index (χ1) is 7.88. The van der Waals surface area contributed by atoms with Crippen LogP contribution in [0.5, 0.6) is 0 Å². The minimum Gasteiger partial charge on any atom is -0.368 e. The highest BCUT2D eigenvalue weighted by Crippen LogP contribution is 2.24. The molecule has 0 bridgehead atoms. The van der Waals surface area contributed by atoms with Gasteiger partial charge in [-0.25, -0.2) is 4.68 Å². The van der Waals surface area contributed by atoms with E-state index >= 15 is 0 Å². The minimum absolute atomic E-state index is 0.116. The Morgan fingerprint density at radius 3 is 2.47 bits per heavy atom. The molecular weight excluding hydrogens is 210 g/mol. The van der Waals surface area contributed by atoms with Crippen molar-refractivity contribution in [2.75, 3.05) is 5.32 Å². The van der Waals surface area contributed by atoms with Crippen molar-refractivity contribution in [1.29, 1.82) is 0 Å². The monoisotopic (exact) mass is 237 g/mol. The molecule has 0 radical (unpaired) electrons. The highest BCUT2D eigenvalue weighted by molar-refractivity contribution is 5.40. The first-order valence-corrected chi connectivity index (χ1v) is 6.73. The highest BCUT2D eigenvalue weighted by atomic mass is 15.3. The van der Waals surface area contributed by atoms with Crippen LogP contribution in [0.1, 0.15) is 60.1 Å². The molecule has 1 atom stereocenters. The Kier molecular flexibility index (Phi) is 4.61. The Balaban J connectivity index is 2.96. The van der Waals surface area contributed by atoms with Crippen molar-refractivity contribution in [3.63, 3.8) is 0 Å². The topological polar surface area (TPSA) is 29.9 Å². The highest BCUT2D eigenvalue weighted by Gasteiger charge is 2.20. The van der Waals surface area contributed by atoms with Crippen LogP contribution < -0.4 is 5.32 Å². The van der Waals surface area contributed by atoms with Gasteiger partial charge in [-0.3, -0.25) is 0 Å². The van der Waals surface area contributed by atoms with Gasteiger partial charge in [-0.05, 0) is 19.8 Å². The lowest BCUT2D eigenvalue weighted by Gasteiger charge is -2.14. The third kappa shape index (κ3) is 3.76. The second-order valence-electron chi connectivity index (χ2n) is 5.84. The third-order valence-corrected chi connectivity index (χ3v) is 2.99. The van der Waals surface area contributed by atoms with Gasteiger partial charge in [-0.1, -0.05) is 34.6 Å². The second-order valence-corrected chi connectivity index (χ2v) is 5.84. The predicted octanol–water partition coefficient (Wildman–Crippen LogP) is 3.80. The van der Waals surface area contributed by atoms with Gasteiger partial charge in [-0.15, -0.1) is 0 Å². The molecule has 3 nitrogen and oxygen atoms in total. The number of hydrogen-bond acceptors (Lipinski definition) is 2. The lowest BCUT2D eigenvalue weighted by Crippen LogP contribution is -2.17. The van der Waals surface area contributed by atoms with Crippen molar-refractivity contribution in [1.82, 2.24) is 9.78 Å². The SMILES string of the molecule is CCCn1nc(C(C)(C)C)cc1NC(C)CC. The van der Waals surface area contributed by atoms with Crippen molar-refractivity contribution in [3.05, 3.63) is 11.8 Å². The van der Waals surface area contributed by atoms with Gasteiger partial charge in [0.15, 0.2) is 0 Å². The van der Waals surface area contributed by atoms with E-state index in [2.05, 4.69) is 57.6 Å². The van der Waals surface area contributed by atoms with Gasteiger partial charge in [-0.2, -0.15) is 5.10 Å². The zero-order valence-corrected chi connectivity index (χ0v) is 12.2. The summed E-state index contributed by atoms with van der Waals surface area (Å²) in [5.41, 5.74) is 1.28. The summed E-state index contributed by atoms with van der Waals surface area (Å²) in [6, 6.07) is 2.69. The number of nitrogens with zero attached hydrogens (tertiary/aromatic N) is 2. The Bertz CT molecular complexity index is 347. The summed E-state index contributed by atoms with van der Waals surface area (Å²) in [6.45, 7) is 14.2. The standard InChI is InChI=1S/C14H27N3/c1-7-9-17-13(15-11(3)8-2)10-12(16-17)14(4,5)6/h10-11,15H,7-9H2,1-6H3. The Hall–Kier alpha value is -0.990. The summed E-state index contributed by atoms with van der Waals surface area (Å²) < 4.78 is 2.10. The quantitative estimate of drug-likeness (QED) is 0.844. The van der Waals surface area contributed by atoms with Gasteiger partial charge in [0.1, 0.15) is 5.82 Å². The fraction of sp³-hybridized carbons (Fsp3) is 0.786. The lowest BCUT2D eigenvalue weighted by molar-refractivity contribution is 0.529. The Labute approximate surface area is 106 Å². The van der Waals surface area contributed by atoms with Gasteiger partial charge in [0.2, 0.25) is 0 Å². The maximum atomic E-state index is 4.71. The average molecular weight is 237 g/mol. The molecule has 1 rings (SSSR count). The van der Waals surface area contributed by atoms with Crippen LogP contribution in [0.2, 0.25) is 0 Å². The lowest BCUT2D eigenvalue weighted by atomic mass is 9.92. The average Bonchev–Trinajstić information content (AvgIpc) is 2.62. The second kappa shape index (κ2) is 5.56. The molecule has 0 spiro atoms. The van der Waals surface area contributed by atoms with E-state index in [1.54, 1.807) is 0 Å². The van der Waals surface area contributed by atoms with Gasteiger partial charge >= 0.3 is 0 Å². The molecular formula is C14H27N3. The molecule has 0 aliphatic carbocycles. The molecule has 0 fully saturated rings. The molecule has 1 unspecified atom stereocenters. The largest absolute Gasteiger partial charge is 0.368 e. The number of aromatic nitrogens is 2. The Morgan fingerprint density at radius 2 is 2.00 bits per heavy atom. The van der Waals surface area contributed by atoms with Crippen LogP contribution in [0.15, 0.2) is 6.07 Å². The van der Waals surface area contributed by atoms with Crippen LogP contribution >= 0.6 is 0 Å². The summed E-state index contributed by atoms with van der Waals surface area (Å²) in [7, 11) is 0. The van der Waals surface area contributed by atoms with Crippen LogP contribution in [0.25, 0.3) is 0 Å². The van der Waals surface area contributed by atoms with Gasteiger partial charge in [0.05, 0.1) is 5.69 Å². The van der Waals surface area contributed by atoms with E-state index < -0.39 is 0 Å². The van der Waals surface area contributed by atoms with E-state index in [0.29, 0.717) is 6.04 Å². The van der Waals surface area contributed by atoms with Gasteiger partial charge < -0.3 is 5.32 Å². The number of aryl methyl sites for hydroxylation is 1. The first-order valence-electron chi connectivity index (χ1n) is 6.73. The van der Waals surface area contributed by atoms with Crippen LogP contribution in [0.4, 0.5) is 5.82 Å². The van der Waals surface area contributed by atoms with Crippen molar-refractivity contribution in [2.45, 2.75) is 72.4 Å². The van der Waals surface area contributed by atoms with Crippen molar-refractivity contribution >= 4 is 5.82 Å². The molecule has 0 aliphatic heterocycles. The van der Waals surface area contributed by atoms with E-state index in [4.69, 9.17) is 5.10 Å². The predicted molar refractivity (Wildman–Crippen MR) is 74.6 cm³/mol. The van der Waals surface area contributed by atoms with Crippen LogP contribution in [0.3, 0.4) is 0 Å². The molecule has 0 aliphatic rings. The minimum atomic E-state index is 0.116. The molecule has 98 valence electrons.